The third-order valence-corrected chi connectivity index (χ3v) is 4.39. The second-order valence-corrected chi connectivity index (χ2v) is 6.19. The van der Waals surface area contributed by atoms with Crippen LogP contribution in [0.4, 0.5) is 17.1 Å². The van der Waals surface area contributed by atoms with E-state index in [2.05, 4.69) is 39.9 Å². The second kappa shape index (κ2) is 8.38. The van der Waals surface area contributed by atoms with Gasteiger partial charge < -0.3 is 20.9 Å². The average Bonchev–Trinajstić information content (AvgIpc) is 2.68. The summed E-state index contributed by atoms with van der Waals surface area (Å²) in [6, 6.07) is 15.5. The van der Waals surface area contributed by atoms with Crippen LogP contribution in [0.2, 0.25) is 0 Å². The van der Waals surface area contributed by atoms with Crippen LogP contribution < -0.4 is 20.9 Å². The SMILES string of the molecule is CCN(CCCNC(=O)c1ccc2c(c1)NC(=O)CN2)c1ccccc1. The molecule has 0 aliphatic carbocycles. The lowest BCUT2D eigenvalue weighted by molar-refractivity contribution is -0.114. The van der Waals surface area contributed by atoms with Gasteiger partial charge in [-0.25, -0.2) is 0 Å². The predicted octanol–water partition coefficient (Wildman–Crippen LogP) is 2.70. The highest BCUT2D eigenvalue weighted by Crippen LogP contribution is 2.25. The first-order chi connectivity index (χ1) is 12.7. The van der Waals surface area contributed by atoms with E-state index >= 15 is 0 Å². The van der Waals surface area contributed by atoms with E-state index in [0.29, 0.717) is 17.8 Å². The van der Waals surface area contributed by atoms with Gasteiger partial charge in [-0.15, -0.1) is 0 Å². The molecule has 0 unspecified atom stereocenters. The highest BCUT2D eigenvalue weighted by Gasteiger charge is 2.16. The molecule has 0 bridgehead atoms. The molecule has 1 aliphatic heterocycles. The number of rotatable bonds is 7. The van der Waals surface area contributed by atoms with Gasteiger partial charge in [0.15, 0.2) is 0 Å². The van der Waals surface area contributed by atoms with E-state index < -0.39 is 0 Å². The Balaban J connectivity index is 1.50. The van der Waals surface area contributed by atoms with Gasteiger partial charge in [-0.3, -0.25) is 9.59 Å². The van der Waals surface area contributed by atoms with E-state index in [0.717, 1.165) is 25.2 Å². The van der Waals surface area contributed by atoms with Crippen LogP contribution in [0.3, 0.4) is 0 Å². The van der Waals surface area contributed by atoms with E-state index in [1.165, 1.54) is 5.69 Å². The molecule has 1 aliphatic rings. The Kier molecular flexibility index (Phi) is 5.73. The molecular formula is C20H24N4O2. The number of carbonyl (C=O) groups is 2. The number of benzene rings is 2. The van der Waals surface area contributed by atoms with Crippen molar-refractivity contribution in [3.05, 3.63) is 54.1 Å². The van der Waals surface area contributed by atoms with Crippen molar-refractivity contribution in [2.24, 2.45) is 0 Å². The molecule has 3 rings (SSSR count). The molecule has 2 aromatic rings. The van der Waals surface area contributed by atoms with Gasteiger partial charge in [0.1, 0.15) is 0 Å². The van der Waals surface area contributed by atoms with Gasteiger partial charge in [-0.05, 0) is 43.7 Å². The number of para-hydroxylation sites is 1. The lowest BCUT2D eigenvalue weighted by Crippen LogP contribution is -2.30. The zero-order valence-corrected chi connectivity index (χ0v) is 14.9. The van der Waals surface area contributed by atoms with Crippen LogP contribution in [0.15, 0.2) is 48.5 Å². The molecule has 0 saturated carbocycles. The first-order valence-corrected chi connectivity index (χ1v) is 8.93. The Labute approximate surface area is 153 Å². The van der Waals surface area contributed by atoms with Gasteiger partial charge in [0.05, 0.1) is 17.9 Å². The van der Waals surface area contributed by atoms with Crippen molar-refractivity contribution < 1.29 is 9.59 Å². The minimum Gasteiger partial charge on any atom is -0.374 e. The number of hydrogen-bond donors (Lipinski definition) is 3. The molecule has 0 spiro atoms. The Morgan fingerprint density at radius 1 is 1.15 bits per heavy atom. The van der Waals surface area contributed by atoms with Crippen molar-refractivity contribution in [2.45, 2.75) is 13.3 Å². The summed E-state index contributed by atoms with van der Waals surface area (Å²) in [4.78, 5) is 26.1. The zero-order chi connectivity index (χ0) is 18.4. The monoisotopic (exact) mass is 352 g/mol. The summed E-state index contributed by atoms with van der Waals surface area (Å²) in [6.45, 7) is 4.79. The molecule has 3 N–H and O–H groups in total. The average molecular weight is 352 g/mol. The number of fused-ring (bicyclic) bond motifs is 1. The molecule has 6 nitrogen and oxygen atoms in total. The summed E-state index contributed by atoms with van der Waals surface area (Å²) in [7, 11) is 0. The van der Waals surface area contributed by atoms with E-state index in [4.69, 9.17) is 0 Å². The number of hydrogen-bond acceptors (Lipinski definition) is 4. The number of nitrogens with zero attached hydrogens (tertiary/aromatic N) is 1. The minimum absolute atomic E-state index is 0.101. The maximum absolute atomic E-state index is 12.3. The van der Waals surface area contributed by atoms with Crippen molar-refractivity contribution >= 4 is 28.9 Å². The molecule has 6 heteroatoms. The van der Waals surface area contributed by atoms with E-state index in [-0.39, 0.29) is 18.4 Å². The Morgan fingerprint density at radius 2 is 1.96 bits per heavy atom. The summed E-state index contributed by atoms with van der Waals surface area (Å²) < 4.78 is 0. The van der Waals surface area contributed by atoms with Gasteiger partial charge in [0.2, 0.25) is 5.91 Å². The van der Waals surface area contributed by atoms with Crippen LogP contribution in [0.1, 0.15) is 23.7 Å². The first kappa shape index (κ1) is 17.8. The highest BCUT2D eigenvalue weighted by atomic mass is 16.2. The largest absolute Gasteiger partial charge is 0.374 e. The molecule has 0 fully saturated rings. The Morgan fingerprint density at radius 3 is 2.73 bits per heavy atom. The standard InChI is InChI=1S/C20H24N4O2/c1-2-24(16-7-4-3-5-8-16)12-6-11-21-20(26)15-9-10-17-18(13-15)23-19(25)14-22-17/h3-5,7-10,13,22H,2,6,11-12,14H2,1H3,(H,21,26)(H,23,25). The summed E-state index contributed by atoms with van der Waals surface area (Å²) in [6.07, 6.45) is 0.859. The highest BCUT2D eigenvalue weighted by molar-refractivity contribution is 6.03. The molecular weight excluding hydrogens is 328 g/mol. The maximum Gasteiger partial charge on any atom is 0.251 e. The third-order valence-electron chi connectivity index (χ3n) is 4.39. The van der Waals surface area contributed by atoms with Crippen LogP contribution in [0.5, 0.6) is 0 Å². The minimum atomic E-state index is -0.129. The van der Waals surface area contributed by atoms with Gasteiger partial charge >= 0.3 is 0 Å². The zero-order valence-electron chi connectivity index (χ0n) is 14.9. The van der Waals surface area contributed by atoms with Crippen LogP contribution in [0.25, 0.3) is 0 Å². The smallest absolute Gasteiger partial charge is 0.251 e. The molecule has 136 valence electrons. The van der Waals surface area contributed by atoms with Gasteiger partial charge in [0, 0.05) is 30.9 Å². The molecule has 26 heavy (non-hydrogen) atoms. The normalized spacial score (nSPS) is 12.6. The number of nitrogens with one attached hydrogen (secondary N) is 3. The van der Waals surface area contributed by atoms with Crippen molar-refractivity contribution in [1.29, 1.82) is 0 Å². The van der Waals surface area contributed by atoms with Crippen molar-refractivity contribution in [2.75, 3.05) is 41.7 Å². The Bertz CT molecular complexity index is 777. The van der Waals surface area contributed by atoms with Crippen molar-refractivity contribution in [1.82, 2.24) is 5.32 Å². The van der Waals surface area contributed by atoms with Gasteiger partial charge in [-0.2, -0.15) is 0 Å². The fourth-order valence-corrected chi connectivity index (χ4v) is 3.00. The van der Waals surface area contributed by atoms with Crippen LogP contribution in [-0.4, -0.2) is 38.0 Å². The van der Waals surface area contributed by atoms with E-state index in [9.17, 15) is 9.59 Å². The molecule has 0 radical (unpaired) electrons. The van der Waals surface area contributed by atoms with E-state index in [1.807, 2.05) is 24.3 Å². The quantitative estimate of drug-likeness (QED) is 0.670. The molecule has 1 heterocycles. The lowest BCUT2D eigenvalue weighted by atomic mass is 10.1. The summed E-state index contributed by atoms with van der Waals surface area (Å²) in [5.41, 5.74) is 3.22. The third kappa shape index (κ3) is 4.33. The Hall–Kier alpha value is -3.02. The molecule has 2 aromatic carbocycles. The molecule has 2 amide bonds. The predicted molar refractivity (Wildman–Crippen MR) is 105 cm³/mol. The lowest BCUT2D eigenvalue weighted by Gasteiger charge is -2.23. The second-order valence-electron chi connectivity index (χ2n) is 6.19. The molecule has 0 aromatic heterocycles. The van der Waals surface area contributed by atoms with Crippen LogP contribution >= 0.6 is 0 Å². The summed E-state index contributed by atoms with van der Waals surface area (Å²) in [5, 5.41) is 8.74. The summed E-state index contributed by atoms with van der Waals surface area (Å²) in [5.74, 6) is -0.231. The maximum atomic E-state index is 12.3. The van der Waals surface area contributed by atoms with Gasteiger partial charge in [-0.1, -0.05) is 18.2 Å². The first-order valence-electron chi connectivity index (χ1n) is 8.93. The van der Waals surface area contributed by atoms with Crippen LogP contribution in [0, 0.1) is 0 Å². The van der Waals surface area contributed by atoms with Crippen molar-refractivity contribution in [3.63, 3.8) is 0 Å². The van der Waals surface area contributed by atoms with Crippen molar-refractivity contribution in [3.8, 4) is 0 Å². The number of anilines is 3. The van der Waals surface area contributed by atoms with Gasteiger partial charge in [0.25, 0.3) is 5.91 Å². The molecule has 0 saturated heterocycles. The number of amides is 2. The van der Waals surface area contributed by atoms with E-state index in [1.54, 1.807) is 12.1 Å². The fourth-order valence-electron chi connectivity index (χ4n) is 3.00. The number of carbonyl (C=O) groups excluding carboxylic acids is 2. The molecule has 0 atom stereocenters. The fraction of sp³-hybridized carbons (Fsp3) is 0.300. The summed E-state index contributed by atoms with van der Waals surface area (Å²) >= 11 is 0. The van der Waals surface area contributed by atoms with Crippen LogP contribution in [-0.2, 0) is 4.79 Å². The topological polar surface area (TPSA) is 73.5 Å².